The Labute approximate surface area is 110 Å². The second kappa shape index (κ2) is 5.52. The number of nitrogen functional groups attached to an aromatic ring is 1. The van der Waals surface area contributed by atoms with Crippen LogP contribution in [0, 0.1) is 11.6 Å². The van der Waals surface area contributed by atoms with Crippen LogP contribution in [0.25, 0.3) is 0 Å². The highest BCUT2D eigenvalue weighted by molar-refractivity contribution is 5.95. The number of piperidine rings is 1. The van der Waals surface area contributed by atoms with Crippen molar-refractivity contribution in [2.45, 2.75) is 18.9 Å². The highest BCUT2D eigenvalue weighted by atomic mass is 19.2. The number of halogens is 2. The summed E-state index contributed by atoms with van der Waals surface area (Å²) in [5, 5.41) is 0. The van der Waals surface area contributed by atoms with Gasteiger partial charge in [0.1, 0.15) is 6.10 Å². The van der Waals surface area contributed by atoms with Crippen molar-refractivity contribution < 1.29 is 18.3 Å². The Morgan fingerprint density at radius 2 is 1.89 bits per heavy atom. The highest BCUT2D eigenvalue weighted by Crippen LogP contribution is 2.20. The van der Waals surface area contributed by atoms with E-state index in [4.69, 9.17) is 10.5 Å². The lowest BCUT2D eigenvalue weighted by Gasteiger charge is -2.28. The Kier molecular flexibility index (Phi) is 3.99. The first-order valence-corrected chi connectivity index (χ1v) is 6.11. The number of likely N-dealkylation sites (tertiary alicyclic amines) is 1. The molecular weight excluding hydrogens is 254 g/mol. The van der Waals surface area contributed by atoms with Crippen LogP contribution in [0.3, 0.4) is 0 Å². The van der Waals surface area contributed by atoms with Crippen LogP contribution in [0.1, 0.15) is 23.2 Å². The molecule has 19 heavy (non-hydrogen) atoms. The number of nitrogens with zero attached hydrogens (tertiary/aromatic N) is 1. The first-order chi connectivity index (χ1) is 8.97. The van der Waals surface area contributed by atoms with E-state index in [0.29, 0.717) is 0 Å². The van der Waals surface area contributed by atoms with Crippen molar-refractivity contribution in [3.8, 4) is 0 Å². The summed E-state index contributed by atoms with van der Waals surface area (Å²) in [4.78, 5) is 14.0. The summed E-state index contributed by atoms with van der Waals surface area (Å²) < 4.78 is 31.3. The first-order valence-electron chi connectivity index (χ1n) is 6.11. The van der Waals surface area contributed by atoms with E-state index in [9.17, 15) is 13.6 Å². The molecule has 104 valence electrons. The van der Waals surface area contributed by atoms with Crippen molar-refractivity contribution >= 4 is 11.7 Å². The molecule has 1 heterocycles. The normalized spacial score (nSPS) is 17.4. The lowest BCUT2D eigenvalue weighted by molar-refractivity contribution is 0.0140. The topological polar surface area (TPSA) is 55.6 Å². The quantitative estimate of drug-likeness (QED) is 0.657. The molecule has 1 saturated heterocycles. The van der Waals surface area contributed by atoms with Gasteiger partial charge < -0.3 is 15.4 Å². The van der Waals surface area contributed by atoms with Gasteiger partial charge in [0, 0.05) is 24.8 Å². The lowest BCUT2D eigenvalue weighted by Crippen LogP contribution is -2.35. The third-order valence-electron chi connectivity index (χ3n) is 3.25. The maximum Gasteiger partial charge on any atom is 0.340 e. The number of ether oxygens (including phenoxy) is 1. The molecule has 1 aliphatic heterocycles. The monoisotopic (exact) mass is 270 g/mol. The molecule has 0 saturated carbocycles. The average molecular weight is 270 g/mol. The lowest BCUT2D eigenvalue weighted by atomic mass is 10.1. The van der Waals surface area contributed by atoms with Gasteiger partial charge in [0.2, 0.25) is 0 Å². The predicted octanol–water partition coefficient (Wildman–Crippen LogP) is 1.80. The number of carbonyl (C=O) groups excluding carboxylic acids is 1. The summed E-state index contributed by atoms with van der Waals surface area (Å²) in [6.45, 7) is 1.68. The summed E-state index contributed by atoms with van der Waals surface area (Å²) in [5.41, 5.74) is 5.26. The molecule has 0 spiro atoms. The zero-order valence-corrected chi connectivity index (χ0v) is 10.7. The molecule has 0 radical (unpaired) electrons. The van der Waals surface area contributed by atoms with E-state index >= 15 is 0 Å². The molecule has 2 rings (SSSR count). The van der Waals surface area contributed by atoms with Crippen LogP contribution in [0.4, 0.5) is 14.5 Å². The average Bonchev–Trinajstić information content (AvgIpc) is 2.36. The molecule has 0 aliphatic carbocycles. The number of benzene rings is 1. The summed E-state index contributed by atoms with van der Waals surface area (Å²) in [7, 11) is 1.99. The minimum atomic E-state index is -1.11. The van der Waals surface area contributed by atoms with Gasteiger partial charge in [-0.3, -0.25) is 0 Å². The molecule has 1 aromatic carbocycles. The second-order valence-corrected chi connectivity index (χ2v) is 4.76. The van der Waals surface area contributed by atoms with Crippen molar-refractivity contribution in [3.63, 3.8) is 0 Å². The Hall–Kier alpha value is -1.69. The fourth-order valence-corrected chi connectivity index (χ4v) is 2.06. The predicted molar refractivity (Wildman–Crippen MR) is 66.7 cm³/mol. The molecule has 2 N–H and O–H groups in total. The van der Waals surface area contributed by atoms with E-state index in [-0.39, 0.29) is 17.4 Å². The van der Waals surface area contributed by atoms with Crippen LogP contribution in [-0.2, 0) is 4.74 Å². The molecular formula is C13H16F2N2O2. The molecule has 1 fully saturated rings. The van der Waals surface area contributed by atoms with Crippen LogP contribution in [-0.4, -0.2) is 37.1 Å². The van der Waals surface area contributed by atoms with E-state index in [1.165, 1.54) is 0 Å². The maximum absolute atomic E-state index is 13.1. The van der Waals surface area contributed by atoms with Crippen molar-refractivity contribution in [2.24, 2.45) is 0 Å². The minimum Gasteiger partial charge on any atom is -0.459 e. The highest BCUT2D eigenvalue weighted by Gasteiger charge is 2.23. The van der Waals surface area contributed by atoms with Crippen molar-refractivity contribution in [2.75, 3.05) is 25.9 Å². The molecule has 0 amide bonds. The molecule has 4 nitrogen and oxygen atoms in total. The SMILES string of the molecule is CN1CCC(OC(=O)c2cc(F)c(F)cc2N)CC1. The van der Waals surface area contributed by atoms with E-state index in [0.717, 1.165) is 38.1 Å². The zero-order chi connectivity index (χ0) is 14.0. The molecule has 0 atom stereocenters. The Balaban J connectivity index is 2.06. The number of nitrogens with two attached hydrogens (primary N) is 1. The van der Waals surface area contributed by atoms with Crippen LogP contribution < -0.4 is 5.73 Å². The number of hydrogen-bond donors (Lipinski definition) is 1. The van der Waals surface area contributed by atoms with Gasteiger partial charge in [-0.05, 0) is 26.0 Å². The van der Waals surface area contributed by atoms with Crippen LogP contribution in [0.5, 0.6) is 0 Å². The third-order valence-corrected chi connectivity index (χ3v) is 3.25. The largest absolute Gasteiger partial charge is 0.459 e. The molecule has 0 aromatic heterocycles. The van der Waals surface area contributed by atoms with Crippen molar-refractivity contribution in [1.82, 2.24) is 4.90 Å². The van der Waals surface area contributed by atoms with E-state index in [1.807, 2.05) is 7.05 Å². The van der Waals surface area contributed by atoms with Crippen LogP contribution >= 0.6 is 0 Å². The van der Waals surface area contributed by atoms with E-state index < -0.39 is 17.6 Å². The minimum absolute atomic E-state index is 0.114. The maximum atomic E-state index is 13.1. The number of anilines is 1. The van der Waals surface area contributed by atoms with Gasteiger partial charge in [0.25, 0.3) is 0 Å². The van der Waals surface area contributed by atoms with E-state index in [1.54, 1.807) is 0 Å². The van der Waals surface area contributed by atoms with Crippen LogP contribution in [0.15, 0.2) is 12.1 Å². The van der Waals surface area contributed by atoms with Crippen molar-refractivity contribution in [3.05, 3.63) is 29.3 Å². The number of rotatable bonds is 2. The Morgan fingerprint density at radius 3 is 2.53 bits per heavy atom. The molecule has 0 unspecified atom stereocenters. The fourth-order valence-electron chi connectivity index (χ4n) is 2.06. The van der Waals surface area contributed by atoms with Gasteiger partial charge in [-0.2, -0.15) is 0 Å². The number of esters is 1. The van der Waals surface area contributed by atoms with Gasteiger partial charge in [0.15, 0.2) is 11.6 Å². The zero-order valence-electron chi connectivity index (χ0n) is 10.7. The smallest absolute Gasteiger partial charge is 0.340 e. The standard InChI is InChI=1S/C13H16F2N2O2/c1-17-4-2-8(3-5-17)19-13(18)9-6-10(14)11(15)7-12(9)16/h6-8H,2-5,16H2,1H3. The van der Waals surface area contributed by atoms with Crippen LogP contribution in [0.2, 0.25) is 0 Å². The fraction of sp³-hybridized carbons (Fsp3) is 0.462. The van der Waals surface area contributed by atoms with Gasteiger partial charge in [0.05, 0.1) is 5.56 Å². The van der Waals surface area contributed by atoms with Gasteiger partial charge in [-0.25, -0.2) is 13.6 Å². The third kappa shape index (κ3) is 3.20. The van der Waals surface area contributed by atoms with Gasteiger partial charge in [-0.1, -0.05) is 0 Å². The molecule has 0 bridgehead atoms. The van der Waals surface area contributed by atoms with Crippen molar-refractivity contribution in [1.29, 1.82) is 0 Å². The van der Waals surface area contributed by atoms with Gasteiger partial charge in [-0.15, -0.1) is 0 Å². The van der Waals surface area contributed by atoms with E-state index in [2.05, 4.69) is 4.90 Å². The number of carbonyl (C=O) groups is 1. The first kappa shape index (κ1) is 13.7. The number of hydrogen-bond acceptors (Lipinski definition) is 4. The summed E-state index contributed by atoms with van der Waals surface area (Å²) >= 11 is 0. The summed E-state index contributed by atoms with van der Waals surface area (Å²) in [5.74, 6) is -2.89. The van der Waals surface area contributed by atoms with Gasteiger partial charge >= 0.3 is 5.97 Å². The second-order valence-electron chi connectivity index (χ2n) is 4.76. The Bertz CT molecular complexity index is 486. The molecule has 1 aromatic rings. The Morgan fingerprint density at radius 1 is 1.32 bits per heavy atom. The summed E-state index contributed by atoms with van der Waals surface area (Å²) in [6, 6.07) is 1.57. The summed E-state index contributed by atoms with van der Waals surface area (Å²) in [6.07, 6.45) is 1.26. The molecule has 6 heteroatoms. The molecule has 1 aliphatic rings.